The predicted molar refractivity (Wildman–Crippen MR) is 86.4 cm³/mol. The van der Waals surface area contributed by atoms with E-state index in [4.69, 9.17) is 10.5 Å². The Labute approximate surface area is 134 Å². The van der Waals surface area contributed by atoms with Crippen LogP contribution in [0.25, 0.3) is 0 Å². The SMILES string of the molecule is CC(C)[C@H](N)C(=O)N(C)CC1CCCN1C(=O)OC(C)(C)C. The molecule has 1 aliphatic rings. The van der Waals surface area contributed by atoms with Gasteiger partial charge in [-0.2, -0.15) is 0 Å². The molecule has 0 aromatic rings. The first-order chi connectivity index (χ1) is 10.0. The van der Waals surface area contributed by atoms with Gasteiger partial charge in [-0.3, -0.25) is 4.79 Å². The van der Waals surface area contributed by atoms with Crippen molar-refractivity contribution in [1.29, 1.82) is 0 Å². The van der Waals surface area contributed by atoms with Crippen molar-refractivity contribution in [2.75, 3.05) is 20.1 Å². The molecule has 1 fully saturated rings. The van der Waals surface area contributed by atoms with Crippen molar-refractivity contribution in [3.8, 4) is 0 Å². The van der Waals surface area contributed by atoms with Crippen molar-refractivity contribution in [3.63, 3.8) is 0 Å². The van der Waals surface area contributed by atoms with Gasteiger partial charge >= 0.3 is 6.09 Å². The van der Waals surface area contributed by atoms with Gasteiger partial charge in [-0.15, -0.1) is 0 Å². The Balaban J connectivity index is 2.64. The van der Waals surface area contributed by atoms with Crippen LogP contribution in [0, 0.1) is 5.92 Å². The second kappa shape index (κ2) is 7.31. The molecule has 0 bridgehead atoms. The number of nitrogens with zero attached hydrogens (tertiary/aromatic N) is 2. The number of carbonyl (C=O) groups is 2. The summed E-state index contributed by atoms with van der Waals surface area (Å²) in [5.74, 6) is 0.0199. The standard InChI is InChI=1S/C16H31N3O3/c1-11(2)13(17)14(20)18(6)10-12-8-7-9-19(12)15(21)22-16(3,4)5/h11-13H,7-10,17H2,1-6H3/t12?,13-/m0/s1. The molecule has 2 N–H and O–H groups in total. The fourth-order valence-corrected chi connectivity index (χ4v) is 2.53. The molecular formula is C16H31N3O3. The third-order valence-electron chi connectivity index (χ3n) is 3.87. The summed E-state index contributed by atoms with van der Waals surface area (Å²) < 4.78 is 5.44. The van der Waals surface area contributed by atoms with Gasteiger partial charge in [0.2, 0.25) is 5.91 Å². The van der Waals surface area contributed by atoms with Crippen LogP contribution in [0.3, 0.4) is 0 Å². The summed E-state index contributed by atoms with van der Waals surface area (Å²) in [6, 6.07) is -0.496. The minimum absolute atomic E-state index is 0.00293. The van der Waals surface area contributed by atoms with Gasteiger partial charge in [0.05, 0.1) is 12.1 Å². The van der Waals surface area contributed by atoms with E-state index in [-0.39, 0.29) is 24.0 Å². The molecule has 2 amide bonds. The first-order valence-electron chi connectivity index (χ1n) is 8.03. The fraction of sp³-hybridized carbons (Fsp3) is 0.875. The molecule has 0 saturated carbocycles. The number of hydrogen-bond donors (Lipinski definition) is 1. The summed E-state index contributed by atoms with van der Waals surface area (Å²) in [6.45, 7) is 10.6. The van der Waals surface area contributed by atoms with Gasteiger partial charge < -0.3 is 20.3 Å². The average Bonchev–Trinajstić information content (AvgIpc) is 2.82. The molecule has 6 nitrogen and oxygen atoms in total. The van der Waals surface area contributed by atoms with Crippen LogP contribution in [0.15, 0.2) is 0 Å². The molecule has 1 aliphatic heterocycles. The van der Waals surface area contributed by atoms with Gasteiger partial charge in [0.15, 0.2) is 0 Å². The Hall–Kier alpha value is -1.30. The second-order valence-electron chi connectivity index (χ2n) is 7.46. The Kier molecular flexibility index (Phi) is 6.23. The zero-order valence-corrected chi connectivity index (χ0v) is 14.8. The molecule has 0 spiro atoms. The van der Waals surface area contributed by atoms with Crippen molar-refractivity contribution in [3.05, 3.63) is 0 Å². The molecule has 128 valence electrons. The van der Waals surface area contributed by atoms with Crippen LogP contribution in [-0.4, -0.2) is 59.6 Å². The minimum atomic E-state index is -0.508. The number of nitrogens with two attached hydrogens (primary N) is 1. The third-order valence-corrected chi connectivity index (χ3v) is 3.87. The minimum Gasteiger partial charge on any atom is -0.444 e. The van der Waals surface area contributed by atoms with Crippen LogP contribution in [0.2, 0.25) is 0 Å². The van der Waals surface area contributed by atoms with Crippen molar-refractivity contribution >= 4 is 12.0 Å². The van der Waals surface area contributed by atoms with Gasteiger partial charge in [0.1, 0.15) is 5.60 Å². The lowest BCUT2D eigenvalue weighted by atomic mass is 10.0. The molecule has 0 aliphatic carbocycles. The highest BCUT2D eigenvalue weighted by molar-refractivity contribution is 5.81. The summed E-state index contributed by atoms with van der Waals surface area (Å²) in [6.07, 6.45) is 1.51. The van der Waals surface area contributed by atoms with Gasteiger partial charge in [-0.05, 0) is 39.5 Å². The average molecular weight is 313 g/mol. The first-order valence-corrected chi connectivity index (χ1v) is 8.03. The van der Waals surface area contributed by atoms with E-state index in [9.17, 15) is 9.59 Å². The lowest BCUT2D eigenvalue weighted by Crippen LogP contribution is -2.50. The lowest BCUT2D eigenvalue weighted by molar-refractivity contribution is -0.132. The Morgan fingerprint density at radius 2 is 1.95 bits per heavy atom. The summed E-state index contributed by atoms with van der Waals surface area (Å²) in [4.78, 5) is 27.9. The molecule has 0 aromatic carbocycles. The number of carbonyl (C=O) groups excluding carboxylic acids is 2. The number of ether oxygens (including phenoxy) is 1. The third kappa shape index (κ3) is 5.16. The highest BCUT2D eigenvalue weighted by atomic mass is 16.6. The van der Waals surface area contributed by atoms with E-state index in [0.717, 1.165) is 12.8 Å². The van der Waals surface area contributed by atoms with Gasteiger partial charge in [0, 0.05) is 20.1 Å². The van der Waals surface area contributed by atoms with Crippen molar-refractivity contribution in [2.24, 2.45) is 11.7 Å². The zero-order valence-electron chi connectivity index (χ0n) is 14.8. The quantitative estimate of drug-likeness (QED) is 0.859. The maximum atomic E-state index is 12.2. The van der Waals surface area contributed by atoms with Crippen LogP contribution >= 0.6 is 0 Å². The molecule has 1 heterocycles. The maximum Gasteiger partial charge on any atom is 0.410 e. The molecule has 6 heteroatoms. The van der Waals surface area contributed by atoms with Crippen molar-refractivity contribution < 1.29 is 14.3 Å². The highest BCUT2D eigenvalue weighted by Gasteiger charge is 2.34. The molecule has 2 atom stereocenters. The van der Waals surface area contributed by atoms with Gasteiger partial charge in [0.25, 0.3) is 0 Å². The van der Waals surface area contributed by atoms with Crippen molar-refractivity contribution in [2.45, 2.75) is 65.1 Å². The molecule has 0 aromatic heterocycles. The van der Waals surface area contributed by atoms with Crippen LogP contribution in [0.1, 0.15) is 47.5 Å². The molecule has 1 rings (SSSR count). The largest absolute Gasteiger partial charge is 0.444 e. The smallest absolute Gasteiger partial charge is 0.410 e. The van der Waals surface area contributed by atoms with E-state index in [0.29, 0.717) is 13.1 Å². The zero-order chi connectivity index (χ0) is 17.1. The van der Waals surface area contributed by atoms with E-state index < -0.39 is 11.6 Å². The van der Waals surface area contributed by atoms with Crippen LogP contribution in [0.5, 0.6) is 0 Å². The topological polar surface area (TPSA) is 75.9 Å². The molecule has 1 unspecified atom stereocenters. The van der Waals surface area contributed by atoms with E-state index in [2.05, 4.69) is 0 Å². The second-order valence-corrected chi connectivity index (χ2v) is 7.46. The van der Waals surface area contributed by atoms with Crippen LogP contribution < -0.4 is 5.73 Å². The van der Waals surface area contributed by atoms with Gasteiger partial charge in [-0.25, -0.2) is 4.79 Å². The Morgan fingerprint density at radius 1 is 1.36 bits per heavy atom. The van der Waals surface area contributed by atoms with E-state index in [1.54, 1.807) is 16.8 Å². The number of likely N-dealkylation sites (tertiary alicyclic amines) is 1. The summed E-state index contributed by atoms with van der Waals surface area (Å²) >= 11 is 0. The molecule has 0 radical (unpaired) electrons. The molecule has 22 heavy (non-hydrogen) atoms. The lowest BCUT2D eigenvalue weighted by Gasteiger charge is -2.32. The Bertz CT molecular complexity index is 404. The summed E-state index contributed by atoms with van der Waals surface area (Å²) in [5, 5.41) is 0. The number of likely N-dealkylation sites (N-methyl/N-ethyl adjacent to an activating group) is 1. The van der Waals surface area contributed by atoms with Crippen molar-refractivity contribution in [1.82, 2.24) is 9.80 Å². The maximum absolute atomic E-state index is 12.2. The van der Waals surface area contributed by atoms with Gasteiger partial charge in [-0.1, -0.05) is 13.8 Å². The number of hydrogen-bond acceptors (Lipinski definition) is 4. The normalized spacial score (nSPS) is 20.2. The predicted octanol–water partition coefficient (Wildman–Crippen LogP) is 1.83. The Morgan fingerprint density at radius 3 is 2.45 bits per heavy atom. The summed E-state index contributed by atoms with van der Waals surface area (Å²) in [7, 11) is 1.75. The highest BCUT2D eigenvalue weighted by Crippen LogP contribution is 2.21. The van der Waals surface area contributed by atoms with Crippen LogP contribution in [-0.2, 0) is 9.53 Å². The monoisotopic (exact) mass is 313 g/mol. The molecular weight excluding hydrogens is 282 g/mol. The van der Waals surface area contributed by atoms with Crippen LogP contribution in [0.4, 0.5) is 4.79 Å². The number of rotatable bonds is 4. The summed E-state index contributed by atoms with van der Waals surface area (Å²) in [5.41, 5.74) is 5.41. The number of amides is 2. The van der Waals surface area contributed by atoms with E-state index in [1.165, 1.54) is 0 Å². The fourth-order valence-electron chi connectivity index (χ4n) is 2.53. The molecule has 1 saturated heterocycles. The first kappa shape index (κ1) is 18.7. The van der Waals surface area contributed by atoms with E-state index in [1.807, 2.05) is 34.6 Å². The van der Waals surface area contributed by atoms with E-state index >= 15 is 0 Å².